The van der Waals surface area contributed by atoms with Crippen molar-refractivity contribution in [1.29, 1.82) is 0 Å². The molecule has 1 fully saturated rings. The van der Waals surface area contributed by atoms with Crippen LogP contribution in [-0.4, -0.2) is 29.3 Å². The van der Waals surface area contributed by atoms with E-state index < -0.39 is 29.9 Å². The van der Waals surface area contributed by atoms with Crippen molar-refractivity contribution in [2.45, 2.75) is 19.4 Å². The van der Waals surface area contributed by atoms with E-state index in [4.69, 9.17) is 46.4 Å². The lowest BCUT2D eigenvalue weighted by atomic mass is 9.92. The molecule has 152 valence electrons. The molecule has 0 aliphatic carbocycles. The van der Waals surface area contributed by atoms with E-state index >= 15 is 0 Å². The molecule has 1 saturated heterocycles. The fraction of sp³-hybridized carbons (Fsp3) is 0.211. The minimum Gasteiger partial charge on any atom is -0.322 e. The van der Waals surface area contributed by atoms with Crippen LogP contribution in [0.5, 0.6) is 0 Å². The van der Waals surface area contributed by atoms with E-state index in [-0.39, 0.29) is 20.8 Å². The third-order valence-corrected chi connectivity index (χ3v) is 5.94. The van der Waals surface area contributed by atoms with Gasteiger partial charge in [0.1, 0.15) is 12.1 Å². The van der Waals surface area contributed by atoms with Crippen molar-refractivity contribution < 1.29 is 14.4 Å². The molecule has 6 nitrogen and oxygen atoms in total. The highest BCUT2D eigenvalue weighted by atomic mass is 35.5. The fourth-order valence-electron chi connectivity index (χ4n) is 3.01. The Bertz CT molecular complexity index is 1040. The molecule has 0 radical (unpaired) electrons. The van der Waals surface area contributed by atoms with Crippen LogP contribution < -0.4 is 10.6 Å². The van der Waals surface area contributed by atoms with E-state index in [1.54, 1.807) is 31.2 Å². The molecule has 0 unspecified atom stereocenters. The molecule has 2 aromatic carbocycles. The molecular formula is C19H15Cl4N3O3. The van der Waals surface area contributed by atoms with Crippen molar-refractivity contribution >= 4 is 69.9 Å². The van der Waals surface area contributed by atoms with Crippen molar-refractivity contribution in [3.05, 3.63) is 61.5 Å². The third-order valence-electron chi connectivity index (χ3n) is 4.60. The third kappa shape index (κ3) is 4.03. The molecule has 4 amide bonds. The molecule has 3 rings (SSSR count). The van der Waals surface area contributed by atoms with Crippen molar-refractivity contribution in [2.75, 3.05) is 11.9 Å². The topological polar surface area (TPSA) is 78.5 Å². The molecule has 1 atom stereocenters. The lowest BCUT2D eigenvalue weighted by Crippen LogP contribution is -2.42. The van der Waals surface area contributed by atoms with Gasteiger partial charge in [0.2, 0.25) is 5.91 Å². The molecule has 10 heteroatoms. The number of carbonyl (C=O) groups excluding carboxylic acids is 3. The van der Waals surface area contributed by atoms with Crippen molar-refractivity contribution in [3.8, 4) is 0 Å². The fourth-order valence-corrected chi connectivity index (χ4v) is 4.07. The average Bonchev–Trinajstić information content (AvgIpc) is 2.85. The molecule has 1 aliphatic rings. The summed E-state index contributed by atoms with van der Waals surface area (Å²) in [4.78, 5) is 38.7. The summed E-state index contributed by atoms with van der Waals surface area (Å²) in [5.41, 5.74) is -0.132. The van der Waals surface area contributed by atoms with Crippen LogP contribution >= 0.6 is 46.4 Å². The number of carbonyl (C=O) groups is 3. The summed E-state index contributed by atoms with van der Waals surface area (Å²) in [7, 11) is 0. The number of halogens is 4. The molecular weight excluding hydrogens is 460 g/mol. The zero-order valence-corrected chi connectivity index (χ0v) is 18.3. The van der Waals surface area contributed by atoms with E-state index in [0.29, 0.717) is 16.1 Å². The van der Waals surface area contributed by atoms with Gasteiger partial charge in [0.15, 0.2) is 0 Å². The van der Waals surface area contributed by atoms with Crippen LogP contribution in [0.25, 0.3) is 0 Å². The molecule has 2 N–H and O–H groups in total. The van der Waals surface area contributed by atoms with Gasteiger partial charge in [-0.3, -0.25) is 14.5 Å². The van der Waals surface area contributed by atoms with Gasteiger partial charge in [-0.05, 0) is 37.6 Å². The van der Waals surface area contributed by atoms with Gasteiger partial charge in [-0.2, -0.15) is 0 Å². The summed E-state index contributed by atoms with van der Waals surface area (Å²) in [5.74, 6) is -1.25. The minimum atomic E-state index is -1.43. The number of urea groups is 1. The Balaban J connectivity index is 1.82. The van der Waals surface area contributed by atoms with Gasteiger partial charge < -0.3 is 10.6 Å². The summed E-state index contributed by atoms with van der Waals surface area (Å²) >= 11 is 24.4. The second-order valence-electron chi connectivity index (χ2n) is 6.67. The highest BCUT2D eigenvalue weighted by Crippen LogP contribution is 2.35. The maximum Gasteiger partial charge on any atom is 0.325 e. The zero-order chi connectivity index (χ0) is 21.5. The van der Waals surface area contributed by atoms with E-state index in [9.17, 15) is 14.4 Å². The number of hydrogen-bond donors (Lipinski definition) is 2. The Morgan fingerprint density at radius 3 is 2.45 bits per heavy atom. The number of nitrogens with one attached hydrogen (secondary N) is 2. The second-order valence-corrected chi connectivity index (χ2v) is 8.30. The highest BCUT2D eigenvalue weighted by Gasteiger charge is 2.50. The largest absolute Gasteiger partial charge is 0.325 e. The monoisotopic (exact) mass is 473 g/mol. The van der Waals surface area contributed by atoms with Crippen LogP contribution in [0, 0.1) is 6.92 Å². The van der Waals surface area contributed by atoms with E-state index in [1.165, 1.54) is 13.0 Å². The first kappa shape index (κ1) is 21.7. The van der Waals surface area contributed by atoms with Gasteiger partial charge >= 0.3 is 6.03 Å². The number of rotatable bonds is 4. The second kappa shape index (κ2) is 8.03. The Morgan fingerprint density at radius 1 is 1.10 bits per heavy atom. The standard InChI is InChI=1S/C19H15Cl4N3O3/c1-9-3-6-12(21)16(15(9)23)24-14(27)8-26-17(28)19(2,25-18(26)29)11-5-4-10(20)7-13(11)22/h3-7H,8H2,1-2H3,(H,24,27)(H,25,29)/t19-/m0/s1. The van der Waals surface area contributed by atoms with Gasteiger partial charge in [0, 0.05) is 15.6 Å². The first-order chi connectivity index (χ1) is 13.5. The van der Waals surface area contributed by atoms with Gasteiger partial charge in [0.25, 0.3) is 5.91 Å². The normalized spacial score (nSPS) is 18.8. The first-order valence-corrected chi connectivity index (χ1v) is 9.90. The number of anilines is 1. The lowest BCUT2D eigenvalue weighted by molar-refractivity contribution is -0.133. The zero-order valence-electron chi connectivity index (χ0n) is 15.3. The van der Waals surface area contributed by atoms with Crippen molar-refractivity contribution in [2.24, 2.45) is 0 Å². The van der Waals surface area contributed by atoms with Crippen molar-refractivity contribution in [1.82, 2.24) is 10.2 Å². The molecule has 29 heavy (non-hydrogen) atoms. The molecule has 1 heterocycles. The SMILES string of the molecule is Cc1ccc(Cl)c(NC(=O)CN2C(=O)N[C@@](C)(c3ccc(Cl)cc3Cl)C2=O)c1Cl. The van der Waals surface area contributed by atoms with Crippen molar-refractivity contribution in [3.63, 3.8) is 0 Å². The lowest BCUT2D eigenvalue weighted by Gasteiger charge is -2.23. The summed E-state index contributed by atoms with van der Waals surface area (Å²) in [6.07, 6.45) is 0. The molecule has 2 aromatic rings. The summed E-state index contributed by atoms with van der Waals surface area (Å²) in [6, 6.07) is 7.16. The van der Waals surface area contributed by atoms with E-state index in [0.717, 1.165) is 4.90 Å². The summed E-state index contributed by atoms with van der Waals surface area (Å²) in [5, 5.41) is 6.27. The maximum atomic E-state index is 13.0. The van der Waals surface area contributed by atoms with Crippen LogP contribution in [0.4, 0.5) is 10.5 Å². The highest BCUT2D eigenvalue weighted by molar-refractivity contribution is 6.40. The van der Waals surface area contributed by atoms with E-state index in [1.807, 2.05) is 0 Å². The number of imide groups is 1. The molecule has 0 aromatic heterocycles. The number of aryl methyl sites for hydroxylation is 1. The molecule has 1 aliphatic heterocycles. The van der Waals surface area contributed by atoms with Crippen LogP contribution in [0.3, 0.4) is 0 Å². The predicted octanol–water partition coefficient (Wildman–Crippen LogP) is 5.01. The molecule has 0 bridgehead atoms. The van der Waals surface area contributed by atoms with Crippen LogP contribution in [0.1, 0.15) is 18.1 Å². The summed E-state index contributed by atoms with van der Waals surface area (Å²) < 4.78 is 0. The quantitative estimate of drug-likeness (QED) is 0.611. The Labute approximate surface area is 187 Å². The minimum absolute atomic E-state index is 0.217. The Morgan fingerprint density at radius 2 is 1.79 bits per heavy atom. The van der Waals surface area contributed by atoms with Crippen LogP contribution in [0.2, 0.25) is 20.1 Å². The number of nitrogens with zero attached hydrogens (tertiary/aromatic N) is 1. The van der Waals surface area contributed by atoms with Crippen LogP contribution in [0.15, 0.2) is 30.3 Å². The van der Waals surface area contributed by atoms with Gasteiger partial charge in [-0.15, -0.1) is 0 Å². The van der Waals surface area contributed by atoms with E-state index in [2.05, 4.69) is 10.6 Å². The number of hydrogen-bond acceptors (Lipinski definition) is 3. The van der Waals surface area contributed by atoms with Gasteiger partial charge in [-0.25, -0.2) is 4.79 Å². The Hall–Kier alpha value is -1.99. The molecule has 0 spiro atoms. The van der Waals surface area contributed by atoms with Crippen LogP contribution in [-0.2, 0) is 15.1 Å². The first-order valence-electron chi connectivity index (χ1n) is 8.38. The smallest absolute Gasteiger partial charge is 0.322 e. The number of benzene rings is 2. The predicted molar refractivity (Wildman–Crippen MR) is 114 cm³/mol. The summed E-state index contributed by atoms with van der Waals surface area (Å²) in [6.45, 7) is 2.74. The number of amides is 4. The average molecular weight is 475 g/mol. The van der Waals surface area contributed by atoms with Gasteiger partial charge in [-0.1, -0.05) is 58.5 Å². The maximum absolute atomic E-state index is 13.0. The Kier molecular flexibility index (Phi) is 6.01. The van der Waals surface area contributed by atoms with Gasteiger partial charge in [0.05, 0.1) is 15.7 Å². The molecule has 0 saturated carbocycles.